The summed E-state index contributed by atoms with van der Waals surface area (Å²) in [6.07, 6.45) is 0.734. The zero-order chi connectivity index (χ0) is 15.5. The predicted molar refractivity (Wildman–Crippen MR) is 83.2 cm³/mol. The Morgan fingerprint density at radius 1 is 1.48 bits per heavy atom. The van der Waals surface area contributed by atoms with Crippen molar-refractivity contribution in [3.05, 3.63) is 34.9 Å². The molecule has 0 saturated carbocycles. The van der Waals surface area contributed by atoms with Gasteiger partial charge in [-0.3, -0.25) is 4.79 Å². The first-order valence-electron chi connectivity index (χ1n) is 6.65. The van der Waals surface area contributed by atoms with Crippen molar-refractivity contribution < 1.29 is 13.2 Å². The largest absolute Gasteiger partial charge is 0.273 e. The first-order chi connectivity index (χ1) is 9.85. The Morgan fingerprint density at radius 2 is 2.24 bits per heavy atom. The SMILES string of the molecule is C/C(=N/NC(=O)C[C@H]1CCS(=O)(=O)C1)c1cccc(Cl)c1. The summed E-state index contributed by atoms with van der Waals surface area (Å²) in [5, 5.41) is 4.62. The molecule has 1 fully saturated rings. The zero-order valence-corrected chi connectivity index (χ0v) is 13.2. The van der Waals surface area contributed by atoms with E-state index in [0.717, 1.165) is 5.56 Å². The minimum Gasteiger partial charge on any atom is -0.273 e. The lowest BCUT2D eigenvalue weighted by Gasteiger charge is -2.06. The number of carbonyl (C=O) groups excluding carboxylic acids is 1. The summed E-state index contributed by atoms with van der Waals surface area (Å²) in [5.41, 5.74) is 3.93. The van der Waals surface area contributed by atoms with E-state index < -0.39 is 9.84 Å². The van der Waals surface area contributed by atoms with Crippen LogP contribution in [0.5, 0.6) is 0 Å². The molecule has 1 aliphatic rings. The van der Waals surface area contributed by atoms with Crippen molar-refractivity contribution >= 4 is 33.1 Å². The van der Waals surface area contributed by atoms with Crippen molar-refractivity contribution in [3.8, 4) is 0 Å². The van der Waals surface area contributed by atoms with E-state index in [1.807, 2.05) is 12.1 Å². The normalized spacial score (nSPS) is 21.2. The number of hydrogen-bond acceptors (Lipinski definition) is 4. The quantitative estimate of drug-likeness (QED) is 0.678. The van der Waals surface area contributed by atoms with Gasteiger partial charge >= 0.3 is 0 Å². The molecule has 1 aliphatic heterocycles. The summed E-state index contributed by atoms with van der Waals surface area (Å²) in [7, 11) is -2.95. The van der Waals surface area contributed by atoms with Crippen molar-refractivity contribution in [2.24, 2.45) is 11.0 Å². The number of hydrazone groups is 1. The molecule has 0 aromatic heterocycles. The van der Waals surface area contributed by atoms with E-state index in [1.54, 1.807) is 19.1 Å². The summed E-state index contributed by atoms with van der Waals surface area (Å²) >= 11 is 5.89. The van der Waals surface area contributed by atoms with E-state index in [9.17, 15) is 13.2 Å². The van der Waals surface area contributed by atoms with Crippen molar-refractivity contribution in [2.45, 2.75) is 19.8 Å². The van der Waals surface area contributed by atoms with Gasteiger partial charge in [0.2, 0.25) is 5.91 Å². The number of halogens is 1. The van der Waals surface area contributed by atoms with Crippen LogP contribution in [-0.2, 0) is 14.6 Å². The lowest BCUT2D eigenvalue weighted by Crippen LogP contribution is -2.22. The maximum absolute atomic E-state index is 11.8. The van der Waals surface area contributed by atoms with Gasteiger partial charge in [-0.2, -0.15) is 5.10 Å². The highest BCUT2D eigenvalue weighted by Crippen LogP contribution is 2.21. The molecule has 1 atom stereocenters. The van der Waals surface area contributed by atoms with Gasteiger partial charge in [-0.1, -0.05) is 23.7 Å². The minimum atomic E-state index is -2.95. The first kappa shape index (κ1) is 16.0. The van der Waals surface area contributed by atoms with Crippen LogP contribution in [0.3, 0.4) is 0 Å². The van der Waals surface area contributed by atoms with Crippen LogP contribution in [0.4, 0.5) is 0 Å². The number of hydrogen-bond donors (Lipinski definition) is 1. The molecular formula is C14H17ClN2O3S. The summed E-state index contributed by atoms with van der Waals surface area (Å²) in [4.78, 5) is 11.8. The number of rotatable bonds is 4. The fourth-order valence-corrected chi connectivity index (χ4v) is 4.32. The molecule has 21 heavy (non-hydrogen) atoms. The second-order valence-electron chi connectivity index (χ2n) is 5.22. The summed E-state index contributed by atoms with van der Waals surface area (Å²) in [6.45, 7) is 1.77. The highest BCUT2D eigenvalue weighted by Gasteiger charge is 2.29. The van der Waals surface area contributed by atoms with E-state index in [0.29, 0.717) is 17.2 Å². The lowest BCUT2D eigenvalue weighted by atomic mass is 10.1. The van der Waals surface area contributed by atoms with Crippen LogP contribution in [0.15, 0.2) is 29.4 Å². The maximum Gasteiger partial charge on any atom is 0.240 e. The third-order valence-electron chi connectivity index (χ3n) is 3.39. The lowest BCUT2D eigenvalue weighted by molar-refractivity contribution is -0.121. The second-order valence-corrected chi connectivity index (χ2v) is 7.88. The third kappa shape index (κ3) is 4.82. The van der Waals surface area contributed by atoms with E-state index in [4.69, 9.17) is 11.6 Å². The molecule has 2 rings (SSSR count). The minimum absolute atomic E-state index is 0.0947. The topological polar surface area (TPSA) is 75.6 Å². The van der Waals surface area contributed by atoms with Gasteiger partial charge in [-0.25, -0.2) is 13.8 Å². The number of sulfone groups is 1. The van der Waals surface area contributed by atoms with E-state index in [-0.39, 0.29) is 29.8 Å². The monoisotopic (exact) mass is 328 g/mol. The molecule has 114 valence electrons. The van der Waals surface area contributed by atoms with Crippen LogP contribution in [0.25, 0.3) is 0 Å². The fraction of sp³-hybridized carbons (Fsp3) is 0.429. The van der Waals surface area contributed by atoms with E-state index in [1.165, 1.54) is 0 Å². The van der Waals surface area contributed by atoms with Gasteiger partial charge in [0.1, 0.15) is 0 Å². The molecule has 0 spiro atoms. The molecule has 7 heteroatoms. The molecule has 0 unspecified atom stereocenters. The van der Waals surface area contributed by atoms with Crippen LogP contribution in [-0.4, -0.2) is 31.5 Å². The highest BCUT2D eigenvalue weighted by atomic mass is 35.5. The number of amides is 1. The summed E-state index contributed by atoms with van der Waals surface area (Å²) in [6, 6.07) is 7.18. The van der Waals surface area contributed by atoms with Crippen LogP contribution >= 0.6 is 11.6 Å². The van der Waals surface area contributed by atoms with Crippen molar-refractivity contribution in [3.63, 3.8) is 0 Å². The number of benzene rings is 1. The molecule has 1 aromatic rings. The van der Waals surface area contributed by atoms with Crippen LogP contribution in [0.2, 0.25) is 5.02 Å². The maximum atomic E-state index is 11.8. The van der Waals surface area contributed by atoms with Crippen molar-refractivity contribution in [1.82, 2.24) is 5.43 Å². The Balaban J connectivity index is 1.90. The summed E-state index contributed by atoms with van der Waals surface area (Å²) < 4.78 is 22.7. The molecule has 0 radical (unpaired) electrons. The van der Waals surface area contributed by atoms with E-state index >= 15 is 0 Å². The molecule has 5 nitrogen and oxygen atoms in total. The molecule has 1 heterocycles. The van der Waals surface area contributed by atoms with Gasteiger partial charge in [-0.05, 0) is 37.0 Å². The van der Waals surface area contributed by atoms with Gasteiger partial charge in [0, 0.05) is 11.4 Å². The van der Waals surface area contributed by atoms with Crippen molar-refractivity contribution in [2.75, 3.05) is 11.5 Å². The Bertz CT molecular complexity index is 671. The average molecular weight is 329 g/mol. The number of nitrogens with zero attached hydrogens (tertiary/aromatic N) is 1. The van der Waals surface area contributed by atoms with Crippen LogP contribution < -0.4 is 5.43 Å². The first-order valence-corrected chi connectivity index (χ1v) is 8.85. The van der Waals surface area contributed by atoms with Gasteiger partial charge in [0.15, 0.2) is 9.84 Å². The van der Waals surface area contributed by atoms with Gasteiger partial charge < -0.3 is 0 Å². The second kappa shape index (κ2) is 6.58. The predicted octanol–water partition coefficient (Wildman–Crippen LogP) is 2.00. The van der Waals surface area contributed by atoms with Gasteiger partial charge in [-0.15, -0.1) is 0 Å². The third-order valence-corrected chi connectivity index (χ3v) is 5.46. The molecule has 1 aromatic carbocycles. The number of nitrogens with one attached hydrogen (secondary N) is 1. The molecular weight excluding hydrogens is 312 g/mol. The Kier molecular flexibility index (Phi) is 5.00. The number of carbonyl (C=O) groups is 1. The Hall–Kier alpha value is -1.40. The Morgan fingerprint density at radius 3 is 2.86 bits per heavy atom. The van der Waals surface area contributed by atoms with E-state index in [2.05, 4.69) is 10.5 Å². The smallest absolute Gasteiger partial charge is 0.240 e. The van der Waals surface area contributed by atoms with Gasteiger partial charge in [0.25, 0.3) is 0 Å². The summed E-state index contributed by atoms with van der Waals surface area (Å²) in [5.74, 6) is -0.0946. The molecule has 0 bridgehead atoms. The van der Waals surface area contributed by atoms with Crippen molar-refractivity contribution in [1.29, 1.82) is 0 Å². The van der Waals surface area contributed by atoms with Gasteiger partial charge in [0.05, 0.1) is 17.2 Å². The Labute approximate surface area is 129 Å². The standard InChI is InChI=1S/C14H17ClN2O3S/c1-10(12-3-2-4-13(15)8-12)16-17-14(18)7-11-5-6-21(19,20)9-11/h2-4,8,11H,5-7,9H2,1H3,(H,17,18)/b16-10-/t11-/m1/s1. The molecule has 0 aliphatic carbocycles. The van der Waals surface area contributed by atoms with Crippen LogP contribution in [0, 0.1) is 5.92 Å². The molecule has 1 saturated heterocycles. The fourth-order valence-electron chi connectivity index (χ4n) is 2.27. The van der Waals surface area contributed by atoms with Crippen LogP contribution in [0.1, 0.15) is 25.3 Å². The highest BCUT2D eigenvalue weighted by molar-refractivity contribution is 7.91. The average Bonchev–Trinajstić information content (AvgIpc) is 2.75. The molecule has 1 N–H and O–H groups in total. The molecule has 1 amide bonds. The zero-order valence-electron chi connectivity index (χ0n) is 11.7.